The van der Waals surface area contributed by atoms with Gasteiger partial charge in [0.25, 0.3) is 0 Å². The summed E-state index contributed by atoms with van der Waals surface area (Å²) in [7, 11) is 3.70. The monoisotopic (exact) mass is 429 g/mol. The molecule has 0 unspecified atom stereocenters. The van der Waals surface area contributed by atoms with Crippen LogP contribution in [0.25, 0.3) is 0 Å². The molecule has 17 heavy (non-hydrogen) atoms. The van der Waals surface area contributed by atoms with Gasteiger partial charge in [0.1, 0.15) is 0 Å². The minimum Gasteiger partial charge on any atom is -0.348 e. The van der Waals surface area contributed by atoms with Crippen molar-refractivity contribution < 1.29 is 4.79 Å². The van der Waals surface area contributed by atoms with Gasteiger partial charge in [-0.05, 0) is 18.3 Å². The van der Waals surface area contributed by atoms with E-state index in [4.69, 9.17) is 0 Å². The number of rotatable bonds is 2. The summed E-state index contributed by atoms with van der Waals surface area (Å²) in [4.78, 5) is 14.5. The van der Waals surface area contributed by atoms with E-state index in [1.807, 2.05) is 14.1 Å². The van der Waals surface area contributed by atoms with Gasteiger partial charge in [0.2, 0.25) is 5.91 Å². The molecule has 5 heteroatoms. The van der Waals surface area contributed by atoms with Crippen molar-refractivity contribution in [2.45, 2.75) is 35.3 Å². The van der Waals surface area contributed by atoms with Crippen LogP contribution in [-0.2, 0) is 4.79 Å². The SMILES string of the molecule is CN(C)C(=O)[C@@]12CC[C@@](C(Br)Br)([C@H]1Br)C2(C)C. The van der Waals surface area contributed by atoms with Gasteiger partial charge in [0.15, 0.2) is 0 Å². The van der Waals surface area contributed by atoms with Gasteiger partial charge >= 0.3 is 0 Å². The zero-order valence-electron chi connectivity index (χ0n) is 10.6. The van der Waals surface area contributed by atoms with Gasteiger partial charge in [-0.3, -0.25) is 4.79 Å². The number of alkyl halides is 3. The fourth-order valence-electron chi connectivity index (χ4n) is 4.07. The van der Waals surface area contributed by atoms with Crippen LogP contribution >= 0.6 is 47.8 Å². The Bertz CT molecular complexity index is 369. The number of hydrogen-bond donors (Lipinski definition) is 0. The molecule has 0 aromatic rings. The molecule has 3 fully saturated rings. The Kier molecular flexibility index (Phi) is 3.33. The lowest BCUT2D eigenvalue weighted by atomic mass is 9.43. The van der Waals surface area contributed by atoms with E-state index in [0.717, 1.165) is 12.8 Å². The molecule has 2 bridgehead atoms. The largest absolute Gasteiger partial charge is 0.348 e. The van der Waals surface area contributed by atoms with E-state index in [0.29, 0.717) is 0 Å². The highest BCUT2D eigenvalue weighted by atomic mass is 79.9. The molecule has 2 nitrogen and oxygen atoms in total. The maximum atomic E-state index is 12.6. The molecule has 0 aliphatic heterocycles. The number of halogens is 3. The topological polar surface area (TPSA) is 20.3 Å². The minimum atomic E-state index is -0.240. The molecule has 0 heterocycles. The summed E-state index contributed by atoms with van der Waals surface area (Å²) in [6, 6.07) is 0. The first-order chi connectivity index (χ1) is 7.66. The first-order valence-electron chi connectivity index (χ1n) is 5.80. The highest BCUT2D eigenvalue weighted by Crippen LogP contribution is 2.82. The Morgan fingerprint density at radius 1 is 1.29 bits per heavy atom. The van der Waals surface area contributed by atoms with E-state index >= 15 is 0 Å². The molecule has 3 atom stereocenters. The first kappa shape index (κ1) is 14.3. The molecule has 0 saturated heterocycles. The summed E-state index contributed by atoms with van der Waals surface area (Å²) in [5.41, 5.74) is -0.109. The molecule has 3 rings (SSSR count). The van der Waals surface area contributed by atoms with Crippen molar-refractivity contribution in [2.75, 3.05) is 14.1 Å². The zero-order valence-corrected chi connectivity index (χ0v) is 15.3. The summed E-state index contributed by atoms with van der Waals surface area (Å²) >= 11 is 11.2. The van der Waals surface area contributed by atoms with E-state index in [1.165, 1.54) is 0 Å². The van der Waals surface area contributed by atoms with Crippen LogP contribution in [0.15, 0.2) is 0 Å². The Labute approximate surface area is 128 Å². The van der Waals surface area contributed by atoms with Gasteiger partial charge in [-0.25, -0.2) is 0 Å². The molecular weight excluding hydrogens is 414 g/mol. The lowest BCUT2D eigenvalue weighted by Crippen LogP contribution is -2.71. The molecule has 1 amide bonds. The van der Waals surface area contributed by atoms with Crippen LogP contribution in [0, 0.1) is 16.2 Å². The number of hydrogen-bond acceptors (Lipinski definition) is 1. The van der Waals surface area contributed by atoms with Gasteiger partial charge in [0.05, 0.1) is 9.15 Å². The summed E-state index contributed by atoms with van der Waals surface area (Å²) in [5, 5.41) is 0. The Hall–Kier alpha value is 0.910. The molecule has 0 N–H and O–H groups in total. The molecule has 3 saturated carbocycles. The van der Waals surface area contributed by atoms with Crippen molar-refractivity contribution in [1.82, 2.24) is 4.90 Å². The smallest absolute Gasteiger partial charge is 0.229 e. The number of carbonyl (C=O) groups is 1. The van der Waals surface area contributed by atoms with Gasteiger partial charge in [0, 0.05) is 24.3 Å². The third-order valence-corrected chi connectivity index (χ3v) is 8.51. The van der Waals surface area contributed by atoms with Crippen molar-refractivity contribution in [3.05, 3.63) is 0 Å². The number of nitrogens with zero attached hydrogens (tertiary/aromatic N) is 1. The van der Waals surface area contributed by atoms with Crippen molar-refractivity contribution in [2.24, 2.45) is 16.2 Å². The number of amides is 1. The maximum Gasteiger partial charge on any atom is 0.229 e. The van der Waals surface area contributed by atoms with E-state index in [2.05, 4.69) is 61.6 Å². The second-order valence-electron chi connectivity index (χ2n) is 6.00. The predicted molar refractivity (Wildman–Crippen MR) is 80.9 cm³/mol. The lowest BCUT2D eigenvalue weighted by Gasteiger charge is -2.66. The van der Waals surface area contributed by atoms with Crippen LogP contribution in [0.2, 0.25) is 0 Å². The molecule has 3 aliphatic rings. The number of fused-ring (bicyclic) bond motifs is 1. The van der Waals surface area contributed by atoms with Crippen LogP contribution in [-0.4, -0.2) is 33.5 Å². The van der Waals surface area contributed by atoms with Crippen LogP contribution in [0.4, 0.5) is 0 Å². The second kappa shape index (κ2) is 3.95. The Morgan fingerprint density at radius 3 is 2.12 bits per heavy atom. The average Bonchev–Trinajstić information content (AvgIpc) is 2.66. The molecule has 0 aromatic carbocycles. The first-order valence-corrected chi connectivity index (χ1v) is 8.55. The molecular formula is C12H18Br3NO. The third-order valence-electron chi connectivity index (χ3n) is 5.27. The molecule has 98 valence electrons. The van der Waals surface area contributed by atoms with E-state index in [9.17, 15) is 4.79 Å². The van der Waals surface area contributed by atoms with Gasteiger partial charge < -0.3 is 4.90 Å². The fraction of sp³-hybridized carbons (Fsp3) is 0.917. The third kappa shape index (κ3) is 1.29. The maximum absolute atomic E-state index is 12.6. The van der Waals surface area contributed by atoms with Crippen LogP contribution in [0.1, 0.15) is 26.7 Å². The molecule has 3 aliphatic carbocycles. The summed E-state index contributed by atoms with van der Waals surface area (Å²) < 4.78 is 0.243. The van der Waals surface area contributed by atoms with Crippen molar-refractivity contribution in [3.8, 4) is 0 Å². The fourth-order valence-corrected chi connectivity index (χ4v) is 8.97. The van der Waals surface area contributed by atoms with Crippen LogP contribution < -0.4 is 0 Å². The van der Waals surface area contributed by atoms with Crippen molar-refractivity contribution in [3.63, 3.8) is 0 Å². The Balaban J connectivity index is 2.46. The summed E-state index contributed by atoms with van der Waals surface area (Å²) in [6.45, 7) is 4.46. The number of carbonyl (C=O) groups excluding carboxylic acids is 1. The van der Waals surface area contributed by atoms with E-state index in [1.54, 1.807) is 4.90 Å². The molecule has 0 radical (unpaired) electrons. The van der Waals surface area contributed by atoms with Crippen LogP contribution in [0.5, 0.6) is 0 Å². The summed E-state index contributed by atoms with van der Waals surface area (Å²) in [6.07, 6.45) is 2.05. The lowest BCUT2D eigenvalue weighted by molar-refractivity contribution is -0.170. The average molecular weight is 432 g/mol. The van der Waals surface area contributed by atoms with Crippen molar-refractivity contribution >= 4 is 53.7 Å². The molecule has 0 aromatic heterocycles. The van der Waals surface area contributed by atoms with Gasteiger partial charge in [-0.15, -0.1) is 0 Å². The predicted octanol–water partition coefficient (Wildman–Crippen LogP) is 3.76. The van der Waals surface area contributed by atoms with Gasteiger partial charge in [-0.2, -0.15) is 0 Å². The Morgan fingerprint density at radius 2 is 1.82 bits per heavy atom. The zero-order chi connectivity index (χ0) is 13.2. The van der Waals surface area contributed by atoms with Crippen molar-refractivity contribution in [1.29, 1.82) is 0 Å². The minimum absolute atomic E-state index is 0.00713. The standard InChI is InChI=1S/C12H18Br3NO/c1-10(2)11(8(14)15)5-6-12(10,7(11)13)9(17)16(3)4/h7-8H,5-6H2,1-4H3/t7-,11+,12-/m1/s1. The van der Waals surface area contributed by atoms with Gasteiger partial charge in [-0.1, -0.05) is 61.6 Å². The highest BCUT2D eigenvalue weighted by Gasteiger charge is 2.83. The van der Waals surface area contributed by atoms with E-state index < -0.39 is 0 Å². The highest BCUT2D eigenvalue weighted by molar-refractivity contribution is 9.24. The molecule has 0 spiro atoms. The normalized spacial score (nSPS) is 42.5. The summed E-state index contributed by atoms with van der Waals surface area (Å²) in [5.74, 6) is 0.262. The second-order valence-corrected chi connectivity index (χ2v) is 9.98. The van der Waals surface area contributed by atoms with E-state index in [-0.39, 0.29) is 30.7 Å². The van der Waals surface area contributed by atoms with Crippen LogP contribution in [0.3, 0.4) is 0 Å². The quantitative estimate of drug-likeness (QED) is 0.609.